The van der Waals surface area contributed by atoms with Crippen LogP contribution in [0.3, 0.4) is 0 Å². The second kappa shape index (κ2) is 6.64. The van der Waals surface area contributed by atoms with Crippen LogP contribution in [0, 0.1) is 17.6 Å². The third-order valence-corrected chi connectivity index (χ3v) is 4.49. The van der Waals surface area contributed by atoms with E-state index in [2.05, 4.69) is 6.92 Å². The van der Waals surface area contributed by atoms with Gasteiger partial charge in [-0.1, -0.05) is 19.4 Å². The van der Waals surface area contributed by atoms with Gasteiger partial charge >= 0.3 is 0 Å². The molecule has 20 heavy (non-hydrogen) atoms. The van der Waals surface area contributed by atoms with Crippen LogP contribution in [0.1, 0.15) is 44.6 Å². The zero-order valence-electron chi connectivity index (χ0n) is 12.0. The average Bonchev–Trinajstić information content (AvgIpc) is 2.49. The van der Waals surface area contributed by atoms with Gasteiger partial charge < -0.3 is 10.5 Å². The molecule has 0 spiro atoms. The van der Waals surface area contributed by atoms with Crippen molar-refractivity contribution in [3.63, 3.8) is 0 Å². The van der Waals surface area contributed by atoms with Gasteiger partial charge in [0.15, 0.2) is 11.6 Å². The van der Waals surface area contributed by atoms with E-state index in [0.717, 1.165) is 37.7 Å². The fourth-order valence-electron chi connectivity index (χ4n) is 2.89. The van der Waals surface area contributed by atoms with Crippen molar-refractivity contribution in [2.45, 2.75) is 51.2 Å². The highest BCUT2D eigenvalue weighted by atomic mass is 19.2. The summed E-state index contributed by atoms with van der Waals surface area (Å²) in [6, 6.07) is 3.88. The molecule has 0 heterocycles. The number of benzene rings is 1. The molecule has 2 N–H and O–H groups in total. The molecule has 0 amide bonds. The van der Waals surface area contributed by atoms with E-state index in [4.69, 9.17) is 10.5 Å². The van der Waals surface area contributed by atoms with Crippen LogP contribution in [-0.2, 0) is 11.3 Å². The van der Waals surface area contributed by atoms with Crippen LogP contribution in [0.15, 0.2) is 18.2 Å². The topological polar surface area (TPSA) is 35.2 Å². The Labute approximate surface area is 119 Å². The molecule has 4 heteroatoms. The van der Waals surface area contributed by atoms with Crippen LogP contribution in [0.4, 0.5) is 8.78 Å². The molecular formula is C16H23F2NO. The first kappa shape index (κ1) is 15.4. The van der Waals surface area contributed by atoms with Crippen molar-refractivity contribution in [1.29, 1.82) is 0 Å². The van der Waals surface area contributed by atoms with Gasteiger partial charge in [-0.2, -0.15) is 0 Å². The Hall–Kier alpha value is -1.00. The molecule has 0 aliphatic heterocycles. The predicted octanol–water partition coefficient (Wildman–Crippen LogP) is 3.78. The van der Waals surface area contributed by atoms with Crippen LogP contribution in [-0.4, -0.2) is 12.1 Å². The van der Waals surface area contributed by atoms with Crippen molar-refractivity contribution in [3.8, 4) is 0 Å². The normalized spacial score (nSPS) is 26.7. The lowest BCUT2D eigenvalue weighted by molar-refractivity contribution is -0.0813. The molecule has 0 radical (unpaired) electrons. The van der Waals surface area contributed by atoms with Gasteiger partial charge in [0, 0.05) is 6.54 Å². The predicted molar refractivity (Wildman–Crippen MR) is 75.2 cm³/mol. The van der Waals surface area contributed by atoms with Crippen LogP contribution in [0.5, 0.6) is 0 Å². The molecule has 1 aromatic rings. The molecule has 0 bridgehead atoms. The van der Waals surface area contributed by atoms with E-state index in [1.165, 1.54) is 12.5 Å². The lowest BCUT2D eigenvalue weighted by atomic mass is 9.77. The van der Waals surface area contributed by atoms with Crippen molar-refractivity contribution in [2.24, 2.45) is 11.7 Å². The Bertz CT molecular complexity index is 442. The Balaban J connectivity index is 1.95. The largest absolute Gasteiger partial charge is 0.369 e. The molecule has 0 atom stereocenters. The zero-order valence-corrected chi connectivity index (χ0v) is 12.0. The van der Waals surface area contributed by atoms with Gasteiger partial charge in [0.1, 0.15) is 0 Å². The van der Waals surface area contributed by atoms with Crippen molar-refractivity contribution in [2.75, 3.05) is 6.54 Å². The summed E-state index contributed by atoms with van der Waals surface area (Å²) in [5.74, 6) is -0.894. The molecule has 1 aliphatic carbocycles. The summed E-state index contributed by atoms with van der Waals surface area (Å²) in [4.78, 5) is 0. The second-order valence-electron chi connectivity index (χ2n) is 5.78. The van der Waals surface area contributed by atoms with Gasteiger partial charge in [-0.3, -0.25) is 0 Å². The van der Waals surface area contributed by atoms with Crippen LogP contribution in [0.25, 0.3) is 0 Å². The standard InChI is InChI=1S/C16H23F2NO/c1-2-12-5-7-16(11-19,8-6-12)20-10-13-3-4-14(17)15(18)9-13/h3-4,9,12H,2,5-8,10-11,19H2,1H3. The summed E-state index contributed by atoms with van der Waals surface area (Å²) >= 11 is 0. The summed E-state index contributed by atoms with van der Waals surface area (Å²) in [7, 11) is 0. The smallest absolute Gasteiger partial charge is 0.159 e. The quantitative estimate of drug-likeness (QED) is 0.892. The third kappa shape index (κ3) is 3.55. The van der Waals surface area contributed by atoms with E-state index in [9.17, 15) is 8.78 Å². The molecule has 0 unspecified atom stereocenters. The highest BCUT2D eigenvalue weighted by Gasteiger charge is 2.34. The van der Waals surface area contributed by atoms with Crippen molar-refractivity contribution in [3.05, 3.63) is 35.4 Å². The van der Waals surface area contributed by atoms with Gasteiger partial charge in [0.05, 0.1) is 12.2 Å². The van der Waals surface area contributed by atoms with Gasteiger partial charge in [0.2, 0.25) is 0 Å². The van der Waals surface area contributed by atoms with Gasteiger partial charge in [0.25, 0.3) is 0 Å². The highest BCUT2D eigenvalue weighted by molar-refractivity contribution is 5.17. The SMILES string of the molecule is CCC1CCC(CN)(OCc2ccc(F)c(F)c2)CC1. The van der Waals surface area contributed by atoms with Crippen molar-refractivity contribution in [1.82, 2.24) is 0 Å². The van der Waals surface area contributed by atoms with Crippen LogP contribution in [0.2, 0.25) is 0 Å². The first-order valence-electron chi connectivity index (χ1n) is 7.36. The molecule has 2 rings (SSSR count). The molecule has 1 aliphatic rings. The number of rotatable bonds is 5. The molecular weight excluding hydrogens is 260 g/mol. The van der Waals surface area contributed by atoms with Crippen molar-refractivity contribution >= 4 is 0 Å². The van der Waals surface area contributed by atoms with Crippen molar-refractivity contribution < 1.29 is 13.5 Å². The molecule has 0 aromatic heterocycles. The first-order valence-corrected chi connectivity index (χ1v) is 7.36. The number of nitrogens with two attached hydrogens (primary N) is 1. The zero-order chi connectivity index (χ0) is 14.6. The molecule has 0 saturated heterocycles. The van der Waals surface area contributed by atoms with E-state index >= 15 is 0 Å². The minimum Gasteiger partial charge on any atom is -0.369 e. The number of halogens is 2. The Morgan fingerprint density at radius 1 is 1.25 bits per heavy atom. The first-order chi connectivity index (χ1) is 9.58. The molecule has 1 aromatic carbocycles. The summed E-state index contributed by atoms with van der Waals surface area (Å²) < 4.78 is 32.0. The summed E-state index contributed by atoms with van der Waals surface area (Å²) in [5.41, 5.74) is 6.24. The summed E-state index contributed by atoms with van der Waals surface area (Å²) in [6.07, 6.45) is 5.36. The average molecular weight is 283 g/mol. The monoisotopic (exact) mass is 283 g/mol. The number of hydrogen-bond acceptors (Lipinski definition) is 2. The molecule has 2 nitrogen and oxygen atoms in total. The summed E-state index contributed by atoms with van der Waals surface area (Å²) in [5, 5.41) is 0. The van der Waals surface area contributed by atoms with E-state index in [1.807, 2.05) is 0 Å². The number of ether oxygens (including phenoxy) is 1. The lowest BCUT2D eigenvalue weighted by Gasteiger charge is -2.39. The fourth-order valence-corrected chi connectivity index (χ4v) is 2.89. The maximum absolute atomic E-state index is 13.2. The minimum absolute atomic E-state index is 0.283. The minimum atomic E-state index is -0.831. The molecule has 1 fully saturated rings. The van der Waals surface area contributed by atoms with Gasteiger partial charge in [-0.25, -0.2) is 8.78 Å². The van der Waals surface area contributed by atoms with Crippen LogP contribution < -0.4 is 5.73 Å². The van der Waals surface area contributed by atoms with E-state index < -0.39 is 11.6 Å². The third-order valence-electron chi connectivity index (χ3n) is 4.49. The maximum atomic E-state index is 13.2. The number of hydrogen-bond donors (Lipinski definition) is 1. The highest BCUT2D eigenvalue weighted by Crippen LogP contribution is 2.36. The fraction of sp³-hybridized carbons (Fsp3) is 0.625. The molecule has 1 saturated carbocycles. The van der Waals surface area contributed by atoms with E-state index in [-0.39, 0.29) is 12.2 Å². The Kier molecular flexibility index (Phi) is 5.11. The van der Waals surface area contributed by atoms with E-state index in [0.29, 0.717) is 12.1 Å². The van der Waals surface area contributed by atoms with Gasteiger partial charge in [-0.15, -0.1) is 0 Å². The van der Waals surface area contributed by atoms with Gasteiger partial charge in [-0.05, 0) is 49.3 Å². The lowest BCUT2D eigenvalue weighted by Crippen LogP contribution is -2.43. The van der Waals surface area contributed by atoms with Crippen LogP contribution >= 0.6 is 0 Å². The Morgan fingerprint density at radius 2 is 1.95 bits per heavy atom. The second-order valence-corrected chi connectivity index (χ2v) is 5.78. The summed E-state index contributed by atoms with van der Waals surface area (Å²) in [6.45, 7) is 2.97. The molecule has 112 valence electrons. The van der Waals surface area contributed by atoms with E-state index in [1.54, 1.807) is 6.07 Å². The maximum Gasteiger partial charge on any atom is 0.159 e. The Morgan fingerprint density at radius 3 is 2.50 bits per heavy atom.